The lowest BCUT2D eigenvalue weighted by molar-refractivity contribution is -0.388. The summed E-state index contributed by atoms with van der Waals surface area (Å²) in [5.74, 6) is -7.83. The Morgan fingerprint density at radius 1 is 1.31 bits per heavy atom. The molecule has 26 heavy (non-hydrogen) atoms. The van der Waals surface area contributed by atoms with Crippen LogP contribution in [0.3, 0.4) is 0 Å². The average Bonchev–Trinajstić information content (AvgIpc) is 2.55. The molecule has 0 saturated carbocycles. The number of esters is 1. The van der Waals surface area contributed by atoms with Crippen molar-refractivity contribution in [3.05, 3.63) is 44.3 Å². The number of hydrogen-bond acceptors (Lipinski definition) is 7. The highest BCUT2D eigenvalue weighted by atomic mass is 19.2. The third-order valence-corrected chi connectivity index (χ3v) is 3.10. The van der Waals surface area contributed by atoms with E-state index in [2.05, 4.69) is 9.84 Å². The normalized spacial score (nSPS) is 12.1. The Labute approximate surface area is 146 Å². The molecule has 0 unspecified atom stereocenters. The molecule has 0 radical (unpaired) electrons. The Morgan fingerprint density at radius 3 is 2.35 bits per heavy atom. The molecule has 0 heterocycles. The number of carbonyl (C=O) groups excluding carboxylic acids is 1. The lowest BCUT2D eigenvalue weighted by Crippen LogP contribution is -2.15. The van der Waals surface area contributed by atoms with Crippen molar-refractivity contribution < 1.29 is 32.7 Å². The second kappa shape index (κ2) is 8.32. The van der Waals surface area contributed by atoms with E-state index >= 15 is 0 Å². The van der Waals surface area contributed by atoms with Crippen molar-refractivity contribution in [1.82, 2.24) is 5.01 Å². The lowest BCUT2D eigenvalue weighted by atomic mass is 10.0. The van der Waals surface area contributed by atoms with E-state index in [4.69, 9.17) is 0 Å². The largest absolute Gasteiger partial charge is 0.506 e. The van der Waals surface area contributed by atoms with E-state index in [0.717, 1.165) is 13.1 Å². The number of nitro groups is 1. The number of carbonyl (C=O) groups is 1. The molecular formula is C15H16F3N3O5. The number of aliphatic hydroxyl groups is 1. The number of nitrogens with zero attached hydrogens (tertiary/aromatic N) is 3. The topological polar surface area (TPSA) is 105 Å². The first-order chi connectivity index (χ1) is 12.0. The second-order valence-electron chi connectivity index (χ2n) is 5.12. The van der Waals surface area contributed by atoms with E-state index in [1.54, 1.807) is 0 Å². The molecule has 0 fully saturated rings. The summed E-state index contributed by atoms with van der Waals surface area (Å²) in [7, 11) is 2.92. The highest BCUT2D eigenvalue weighted by Crippen LogP contribution is 2.35. The van der Waals surface area contributed by atoms with Crippen LogP contribution < -0.4 is 0 Å². The van der Waals surface area contributed by atoms with Gasteiger partial charge in [0.25, 0.3) is 0 Å². The molecular weight excluding hydrogens is 359 g/mol. The fourth-order valence-electron chi connectivity index (χ4n) is 1.88. The molecule has 0 atom stereocenters. The number of rotatable bonds is 6. The first-order valence-electron chi connectivity index (χ1n) is 7.17. The van der Waals surface area contributed by atoms with Crippen molar-refractivity contribution in [2.24, 2.45) is 5.10 Å². The van der Waals surface area contributed by atoms with Gasteiger partial charge in [-0.25, -0.2) is 13.6 Å². The van der Waals surface area contributed by atoms with Crippen LogP contribution in [0, 0.1) is 34.5 Å². The van der Waals surface area contributed by atoms with Gasteiger partial charge in [0.05, 0.1) is 17.7 Å². The standard InChI is InChI=1S/C15H16F3N3O5/c1-5-26-15(23)8(6-19-20(3)4)14(22)9-10(16)7(2)11(17)12(18)13(9)21(24)25/h6,22H,5H2,1-4H3. The summed E-state index contributed by atoms with van der Waals surface area (Å²) in [5.41, 5.74) is -4.60. The number of nitro benzene ring substituents is 1. The van der Waals surface area contributed by atoms with Crippen LogP contribution >= 0.6 is 0 Å². The van der Waals surface area contributed by atoms with Gasteiger partial charge in [-0.15, -0.1) is 0 Å². The molecule has 0 aromatic heterocycles. The van der Waals surface area contributed by atoms with E-state index in [1.807, 2.05) is 0 Å². The highest BCUT2D eigenvalue weighted by Gasteiger charge is 2.35. The van der Waals surface area contributed by atoms with Crippen LogP contribution in [-0.4, -0.2) is 47.9 Å². The Bertz CT molecular complexity index is 806. The third kappa shape index (κ3) is 4.10. The zero-order valence-electron chi connectivity index (χ0n) is 14.3. The highest BCUT2D eigenvalue weighted by molar-refractivity contribution is 6.15. The predicted molar refractivity (Wildman–Crippen MR) is 86.1 cm³/mol. The quantitative estimate of drug-likeness (QED) is 0.156. The number of halogens is 3. The van der Waals surface area contributed by atoms with Crippen LogP contribution in [-0.2, 0) is 9.53 Å². The van der Waals surface area contributed by atoms with Crippen molar-refractivity contribution in [3.8, 4) is 0 Å². The van der Waals surface area contributed by atoms with Crippen molar-refractivity contribution in [2.45, 2.75) is 13.8 Å². The SMILES string of the molecule is CCOC(=O)C(C=NN(C)C)=C(O)c1c(F)c(C)c(F)c(F)c1[N+](=O)[O-]. The zero-order valence-corrected chi connectivity index (χ0v) is 14.3. The molecule has 0 saturated heterocycles. The van der Waals surface area contributed by atoms with E-state index < -0.39 is 56.5 Å². The van der Waals surface area contributed by atoms with Crippen molar-refractivity contribution in [2.75, 3.05) is 20.7 Å². The Hall–Kier alpha value is -3.11. The summed E-state index contributed by atoms with van der Waals surface area (Å²) in [6.07, 6.45) is 0.757. The molecule has 0 aliphatic carbocycles. The van der Waals surface area contributed by atoms with Gasteiger partial charge in [0.1, 0.15) is 22.7 Å². The Balaban J connectivity index is 3.90. The molecule has 0 aliphatic heterocycles. The van der Waals surface area contributed by atoms with Gasteiger partial charge in [-0.1, -0.05) is 0 Å². The molecule has 11 heteroatoms. The van der Waals surface area contributed by atoms with Crippen molar-refractivity contribution >= 4 is 23.6 Å². The van der Waals surface area contributed by atoms with Crippen molar-refractivity contribution in [1.29, 1.82) is 0 Å². The maximum Gasteiger partial charge on any atom is 0.343 e. The van der Waals surface area contributed by atoms with E-state index in [9.17, 15) is 33.2 Å². The molecule has 1 aromatic rings. The summed E-state index contributed by atoms with van der Waals surface area (Å²) in [4.78, 5) is 21.7. The monoisotopic (exact) mass is 375 g/mol. The van der Waals surface area contributed by atoms with Gasteiger partial charge < -0.3 is 14.9 Å². The van der Waals surface area contributed by atoms with Gasteiger partial charge in [-0.05, 0) is 13.8 Å². The number of benzene rings is 1. The summed E-state index contributed by atoms with van der Waals surface area (Å²) in [6.45, 7) is 2.14. The van der Waals surface area contributed by atoms with Crippen LogP contribution in [0.1, 0.15) is 18.1 Å². The number of ether oxygens (including phenoxy) is 1. The number of hydrazone groups is 1. The van der Waals surface area contributed by atoms with Gasteiger partial charge in [0.15, 0.2) is 5.82 Å². The van der Waals surface area contributed by atoms with Crippen LogP contribution in [0.15, 0.2) is 10.7 Å². The van der Waals surface area contributed by atoms with Crippen LogP contribution in [0.4, 0.5) is 18.9 Å². The second-order valence-corrected chi connectivity index (χ2v) is 5.12. The molecule has 0 amide bonds. The summed E-state index contributed by atoms with van der Waals surface area (Å²) < 4.78 is 46.7. The third-order valence-electron chi connectivity index (χ3n) is 3.10. The first kappa shape index (κ1) is 20.9. The molecule has 0 spiro atoms. The molecule has 1 aromatic carbocycles. The molecule has 1 rings (SSSR count). The van der Waals surface area contributed by atoms with Gasteiger partial charge in [-0.3, -0.25) is 10.1 Å². The number of aliphatic hydroxyl groups excluding tert-OH is 1. The molecule has 1 N–H and O–H groups in total. The van der Waals surface area contributed by atoms with Gasteiger partial charge >= 0.3 is 11.7 Å². The van der Waals surface area contributed by atoms with E-state index in [-0.39, 0.29) is 6.61 Å². The maximum atomic E-state index is 14.4. The molecule has 8 nitrogen and oxygen atoms in total. The summed E-state index contributed by atoms with van der Waals surface area (Å²) in [5, 5.41) is 26.2. The predicted octanol–water partition coefficient (Wildman–Crippen LogP) is 2.70. The lowest BCUT2D eigenvalue weighted by Gasteiger charge is -2.11. The maximum absolute atomic E-state index is 14.4. The van der Waals surface area contributed by atoms with Crippen LogP contribution in [0.25, 0.3) is 5.76 Å². The fourth-order valence-corrected chi connectivity index (χ4v) is 1.88. The van der Waals surface area contributed by atoms with E-state index in [1.165, 1.54) is 26.0 Å². The fraction of sp³-hybridized carbons (Fsp3) is 0.333. The average molecular weight is 375 g/mol. The summed E-state index contributed by atoms with van der Waals surface area (Å²) >= 11 is 0. The molecule has 0 bridgehead atoms. The van der Waals surface area contributed by atoms with Gasteiger partial charge in [0, 0.05) is 19.7 Å². The van der Waals surface area contributed by atoms with Gasteiger partial charge in [0.2, 0.25) is 5.82 Å². The zero-order chi connectivity index (χ0) is 20.2. The Morgan fingerprint density at radius 2 is 1.88 bits per heavy atom. The van der Waals surface area contributed by atoms with Gasteiger partial charge in [-0.2, -0.15) is 9.49 Å². The smallest absolute Gasteiger partial charge is 0.343 e. The van der Waals surface area contributed by atoms with Crippen LogP contribution in [0.5, 0.6) is 0 Å². The molecule has 0 aliphatic rings. The Kier molecular flexibility index (Phi) is 6.70. The first-order valence-corrected chi connectivity index (χ1v) is 7.17. The minimum Gasteiger partial charge on any atom is -0.506 e. The van der Waals surface area contributed by atoms with E-state index in [0.29, 0.717) is 0 Å². The number of hydrogen-bond donors (Lipinski definition) is 1. The minimum absolute atomic E-state index is 0.132. The summed E-state index contributed by atoms with van der Waals surface area (Å²) in [6, 6.07) is 0. The molecule has 142 valence electrons. The van der Waals surface area contributed by atoms with Crippen molar-refractivity contribution in [3.63, 3.8) is 0 Å². The van der Waals surface area contributed by atoms with Crippen LogP contribution in [0.2, 0.25) is 0 Å². The minimum atomic E-state index is -1.97.